The summed E-state index contributed by atoms with van der Waals surface area (Å²) in [6.07, 6.45) is 6.15. The van der Waals surface area contributed by atoms with Crippen molar-refractivity contribution in [1.82, 2.24) is 24.6 Å². The molecule has 0 unspecified atom stereocenters. The van der Waals surface area contributed by atoms with E-state index < -0.39 is 0 Å². The number of halogens is 1. The van der Waals surface area contributed by atoms with Gasteiger partial charge in [-0.25, -0.2) is 14.5 Å². The lowest BCUT2D eigenvalue weighted by Crippen LogP contribution is -2.37. The van der Waals surface area contributed by atoms with Crippen LogP contribution in [0.3, 0.4) is 0 Å². The number of aryl methyl sites for hydroxylation is 1. The van der Waals surface area contributed by atoms with Gasteiger partial charge in [0.1, 0.15) is 11.9 Å². The highest BCUT2D eigenvalue weighted by atomic mass is 35.5. The van der Waals surface area contributed by atoms with Gasteiger partial charge in [-0.1, -0.05) is 17.7 Å². The number of fused-ring (bicyclic) bond motifs is 2. The van der Waals surface area contributed by atoms with Crippen molar-refractivity contribution >= 4 is 28.6 Å². The molecule has 7 nitrogen and oxygen atoms in total. The van der Waals surface area contributed by atoms with E-state index in [2.05, 4.69) is 38.9 Å². The molecule has 0 bridgehead atoms. The Morgan fingerprint density at radius 1 is 1.30 bits per heavy atom. The molecule has 0 amide bonds. The van der Waals surface area contributed by atoms with Crippen molar-refractivity contribution in [2.24, 2.45) is 0 Å². The molecule has 4 aromatic heterocycles. The summed E-state index contributed by atoms with van der Waals surface area (Å²) in [7, 11) is 0. The number of nitrogens with two attached hydrogens (primary N) is 1. The molecule has 0 saturated heterocycles. The van der Waals surface area contributed by atoms with Gasteiger partial charge in [0.05, 0.1) is 40.1 Å². The van der Waals surface area contributed by atoms with Crippen LogP contribution in [0.2, 0.25) is 5.02 Å². The van der Waals surface area contributed by atoms with Crippen molar-refractivity contribution in [1.29, 1.82) is 0 Å². The molecule has 1 aliphatic rings. The molecule has 27 heavy (non-hydrogen) atoms. The molecule has 5 heterocycles. The Labute approximate surface area is 160 Å². The van der Waals surface area contributed by atoms with Crippen LogP contribution in [-0.4, -0.2) is 31.1 Å². The highest BCUT2D eigenvalue weighted by molar-refractivity contribution is 6.33. The van der Waals surface area contributed by atoms with Gasteiger partial charge in [-0.3, -0.25) is 0 Å². The average Bonchev–Trinajstić information content (AvgIpc) is 3.30. The Morgan fingerprint density at radius 3 is 3.00 bits per heavy atom. The van der Waals surface area contributed by atoms with E-state index in [-0.39, 0.29) is 6.04 Å². The average molecular weight is 380 g/mol. The lowest BCUT2D eigenvalue weighted by Gasteiger charge is -2.35. The Kier molecular flexibility index (Phi) is 3.58. The molecule has 0 spiro atoms. The zero-order chi connectivity index (χ0) is 18.5. The number of nitrogens with one attached hydrogen (secondary N) is 1. The summed E-state index contributed by atoms with van der Waals surface area (Å²) in [4.78, 5) is 14.5. The van der Waals surface area contributed by atoms with E-state index in [0.29, 0.717) is 10.7 Å². The first-order chi connectivity index (χ1) is 13.1. The van der Waals surface area contributed by atoms with Crippen LogP contribution < -0.4 is 10.6 Å². The largest absolute Gasteiger partial charge is 0.396 e. The second kappa shape index (κ2) is 5.99. The number of pyridine rings is 2. The Bertz CT molecular complexity index is 1150. The fourth-order valence-corrected chi connectivity index (χ4v) is 3.87. The van der Waals surface area contributed by atoms with Crippen molar-refractivity contribution in [3.63, 3.8) is 0 Å². The molecule has 0 fully saturated rings. The van der Waals surface area contributed by atoms with Crippen LogP contribution in [0.15, 0.2) is 43.0 Å². The highest BCUT2D eigenvalue weighted by Crippen LogP contribution is 2.37. The Hall–Kier alpha value is -3.06. The lowest BCUT2D eigenvalue weighted by atomic mass is 9.99. The lowest BCUT2D eigenvalue weighted by molar-refractivity contribution is 0.610. The van der Waals surface area contributed by atoms with E-state index in [1.54, 1.807) is 12.5 Å². The zero-order valence-corrected chi connectivity index (χ0v) is 15.5. The number of rotatable bonds is 2. The van der Waals surface area contributed by atoms with Gasteiger partial charge in [0.15, 0.2) is 0 Å². The van der Waals surface area contributed by atoms with Crippen molar-refractivity contribution in [3.05, 3.63) is 70.7 Å². The minimum atomic E-state index is -0.147. The van der Waals surface area contributed by atoms with Gasteiger partial charge < -0.3 is 15.6 Å². The van der Waals surface area contributed by atoms with Crippen LogP contribution in [0, 0.1) is 6.92 Å². The smallest absolute Gasteiger partial charge is 0.131 e. The van der Waals surface area contributed by atoms with E-state index in [4.69, 9.17) is 22.4 Å². The molecular formula is C19H18ClN7. The Balaban J connectivity index is 1.68. The van der Waals surface area contributed by atoms with Crippen LogP contribution >= 0.6 is 11.6 Å². The number of aromatic amines is 1. The summed E-state index contributed by atoms with van der Waals surface area (Å²) in [5.74, 6) is 0.765. The van der Waals surface area contributed by atoms with Crippen molar-refractivity contribution in [3.8, 4) is 0 Å². The van der Waals surface area contributed by atoms with Gasteiger partial charge in [-0.05, 0) is 24.6 Å². The number of nitrogen functional groups attached to an aromatic ring is 1. The molecule has 136 valence electrons. The maximum atomic E-state index is 6.26. The van der Waals surface area contributed by atoms with Crippen LogP contribution in [0.5, 0.6) is 0 Å². The molecule has 0 saturated carbocycles. The number of nitrogens with zero attached hydrogens (tertiary/aromatic N) is 5. The first kappa shape index (κ1) is 16.1. The molecular weight excluding hydrogens is 362 g/mol. The summed E-state index contributed by atoms with van der Waals surface area (Å²) in [6, 6.07) is 7.87. The third-order valence-corrected chi connectivity index (χ3v) is 5.43. The summed E-state index contributed by atoms with van der Waals surface area (Å²) in [5, 5.41) is 5.32. The van der Waals surface area contributed by atoms with E-state index in [9.17, 15) is 0 Å². The summed E-state index contributed by atoms with van der Waals surface area (Å²) in [5.41, 5.74) is 11.6. The number of hydrogen-bond donors (Lipinski definition) is 2. The van der Waals surface area contributed by atoms with Gasteiger partial charge in [0.2, 0.25) is 0 Å². The quantitative estimate of drug-likeness (QED) is 0.558. The molecule has 0 aromatic carbocycles. The molecule has 3 N–H and O–H groups in total. The van der Waals surface area contributed by atoms with Gasteiger partial charge in [0, 0.05) is 30.9 Å². The second-order valence-corrected chi connectivity index (χ2v) is 7.17. The number of imidazole rings is 1. The zero-order valence-electron chi connectivity index (χ0n) is 14.7. The molecule has 5 rings (SSSR count). The first-order valence-electron chi connectivity index (χ1n) is 8.76. The van der Waals surface area contributed by atoms with Crippen LogP contribution in [-0.2, 0) is 6.42 Å². The predicted octanol–water partition coefficient (Wildman–Crippen LogP) is 3.15. The topological polar surface area (TPSA) is 88.1 Å². The summed E-state index contributed by atoms with van der Waals surface area (Å²) >= 11 is 6.26. The standard InChI is InChI=1S/C19H18ClN7/c1-11-3-2-5-27-16(11)8-15(25-27)19-18-14(23-10-24-18)4-6-26(19)17-7-12(20)13(21)9-22-17/h2-3,5,7-10,19H,4,6,21H2,1H3,(H,23,24)/t19-/m1/s1. The summed E-state index contributed by atoms with van der Waals surface area (Å²) in [6.45, 7) is 2.86. The third kappa shape index (κ3) is 2.54. The van der Waals surface area contributed by atoms with Crippen LogP contribution in [0.4, 0.5) is 11.5 Å². The van der Waals surface area contributed by atoms with E-state index in [0.717, 1.165) is 41.4 Å². The van der Waals surface area contributed by atoms with Gasteiger partial charge >= 0.3 is 0 Å². The highest BCUT2D eigenvalue weighted by Gasteiger charge is 2.34. The molecule has 1 aliphatic heterocycles. The normalized spacial score (nSPS) is 16.7. The molecule has 0 aliphatic carbocycles. The molecule has 4 aromatic rings. The predicted molar refractivity (Wildman–Crippen MR) is 105 cm³/mol. The molecule has 8 heteroatoms. The number of aromatic nitrogens is 5. The fourth-order valence-electron chi connectivity index (χ4n) is 3.72. The maximum Gasteiger partial charge on any atom is 0.131 e. The summed E-state index contributed by atoms with van der Waals surface area (Å²) < 4.78 is 1.91. The van der Waals surface area contributed by atoms with Gasteiger partial charge in [-0.15, -0.1) is 0 Å². The number of anilines is 2. The molecule has 1 atom stereocenters. The van der Waals surface area contributed by atoms with Crippen molar-refractivity contribution < 1.29 is 0 Å². The monoisotopic (exact) mass is 379 g/mol. The van der Waals surface area contributed by atoms with Gasteiger partial charge in [-0.2, -0.15) is 5.10 Å². The minimum Gasteiger partial charge on any atom is -0.396 e. The fraction of sp³-hybridized carbons (Fsp3) is 0.211. The van der Waals surface area contributed by atoms with E-state index >= 15 is 0 Å². The van der Waals surface area contributed by atoms with Crippen molar-refractivity contribution in [2.45, 2.75) is 19.4 Å². The third-order valence-electron chi connectivity index (χ3n) is 5.10. The van der Waals surface area contributed by atoms with E-state index in [1.165, 1.54) is 5.56 Å². The maximum absolute atomic E-state index is 6.26. The first-order valence-corrected chi connectivity index (χ1v) is 9.14. The number of H-pyrrole nitrogens is 1. The SMILES string of the molecule is Cc1cccn2nc([C@@H]3c4nc[nH]c4CCN3c3cc(Cl)c(N)cn3)cc12. The van der Waals surface area contributed by atoms with Crippen LogP contribution in [0.1, 0.15) is 28.7 Å². The van der Waals surface area contributed by atoms with E-state index in [1.807, 2.05) is 22.8 Å². The Morgan fingerprint density at radius 2 is 2.19 bits per heavy atom. The van der Waals surface area contributed by atoms with Crippen molar-refractivity contribution in [2.75, 3.05) is 17.2 Å². The van der Waals surface area contributed by atoms with Gasteiger partial charge in [0.25, 0.3) is 0 Å². The minimum absolute atomic E-state index is 0.147. The number of hydrogen-bond acceptors (Lipinski definition) is 5. The van der Waals surface area contributed by atoms with Crippen LogP contribution in [0.25, 0.3) is 5.52 Å². The second-order valence-electron chi connectivity index (χ2n) is 6.77. The molecule has 0 radical (unpaired) electrons.